The standard InChI is InChI=1S/C33H38N4O8/c1-35(2)25-24-27(39)20-14-18-7-8-19(17-6-4-5-16(13-17)15-37-11-9-36(3)10-12-37)26(38)21(18)28(40)22(20)30(42)33(24,45)31(43)23(29(25)41)32(34)44/h4-8,13,20,24-25,27,38-39,41-42,45H,9-12,14-15H2,1-3H3,(H2,34,44)/t20-,24-,25?,27+,33+/m1/s1. The maximum atomic E-state index is 14.1. The van der Waals surface area contributed by atoms with Gasteiger partial charge in [-0.25, -0.2) is 0 Å². The number of hydrogen-bond donors (Lipinski definition) is 6. The van der Waals surface area contributed by atoms with Gasteiger partial charge in [0, 0.05) is 49.8 Å². The smallest absolute Gasteiger partial charge is 0.255 e. The van der Waals surface area contributed by atoms with Gasteiger partial charge in [0.2, 0.25) is 5.78 Å². The first-order chi connectivity index (χ1) is 21.3. The van der Waals surface area contributed by atoms with Crippen molar-refractivity contribution in [3.63, 3.8) is 0 Å². The minimum Gasteiger partial charge on any atom is -0.510 e. The molecule has 1 fully saturated rings. The van der Waals surface area contributed by atoms with E-state index in [-0.39, 0.29) is 17.7 Å². The van der Waals surface area contributed by atoms with Crippen molar-refractivity contribution in [1.29, 1.82) is 0 Å². The Labute approximate surface area is 260 Å². The van der Waals surface area contributed by atoms with Gasteiger partial charge in [-0.2, -0.15) is 0 Å². The van der Waals surface area contributed by atoms with E-state index in [1.807, 2.05) is 24.3 Å². The lowest BCUT2D eigenvalue weighted by Gasteiger charge is -2.52. The summed E-state index contributed by atoms with van der Waals surface area (Å²) in [5.41, 5.74) is 3.52. The number of phenolic OH excluding ortho intramolecular Hbond substituents is 1. The van der Waals surface area contributed by atoms with E-state index in [1.165, 1.54) is 19.0 Å². The predicted molar refractivity (Wildman–Crippen MR) is 163 cm³/mol. The van der Waals surface area contributed by atoms with Crippen LogP contribution in [-0.2, 0) is 22.6 Å². The van der Waals surface area contributed by atoms with Crippen LogP contribution in [0.5, 0.6) is 5.75 Å². The van der Waals surface area contributed by atoms with Gasteiger partial charge < -0.3 is 36.2 Å². The summed E-state index contributed by atoms with van der Waals surface area (Å²) >= 11 is 0. The maximum absolute atomic E-state index is 14.1. The Kier molecular flexibility index (Phi) is 7.61. The van der Waals surface area contributed by atoms with Gasteiger partial charge in [0.25, 0.3) is 5.91 Å². The first-order valence-corrected chi connectivity index (χ1v) is 14.9. The van der Waals surface area contributed by atoms with Crippen LogP contribution in [0.4, 0.5) is 0 Å². The van der Waals surface area contributed by atoms with Crippen molar-refractivity contribution in [1.82, 2.24) is 14.7 Å². The van der Waals surface area contributed by atoms with Gasteiger partial charge in [0.05, 0.1) is 23.6 Å². The van der Waals surface area contributed by atoms with Gasteiger partial charge in [-0.1, -0.05) is 30.3 Å². The Morgan fingerprint density at radius 1 is 1.07 bits per heavy atom. The molecule has 5 atom stereocenters. The second-order valence-electron chi connectivity index (χ2n) is 12.8. The van der Waals surface area contributed by atoms with Gasteiger partial charge >= 0.3 is 0 Å². The lowest BCUT2D eigenvalue weighted by Crippen LogP contribution is -2.68. The van der Waals surface area contributed by atoms with Crippen molar-refractivity contribution in [2.75, 3.05) is 47.3 Å². The maximum Gasteiger partial charge on any atom is 0.255 e. The van der Waals surface area contributed by atoms with Crippen molar-refractivity contribution in [2.45, 2.75) is 30.7 Å². The van der Waals surface area contributed by atoms with Crippen LogP contribution in [0.3, 0.4) is 0 Å². The first kappa shape index (κ1) is 30.9. The second kappa shape index (κ2) is 11.1. The lowest BCUT2D eigenvalue weighted by atomic mass is 9.57. The van der Waals surface area contributed by atoms with Gasteiger partial charge in [-0.05, 0) is 50.3 Å². The number of phenols is 1. The first-order valence-electron chi connectivity index (χ1n) is 14.9. The van der Waals surface area contributed by atoms with Gasteiger partial charge in [0.1, 0.15) is 22.8 Å². The largest absolute Gasteiger partial charge is 0.510 e. The Balaban J connectivity index is 1.42. The van der Waals surface area contributed by atoms with E-state index in [2.05, 4.69) is 16.8 Å². The van der Waals surface area contributed by atoms with Crippen molar-refractivity contribution in [2.24, 2.45) is 17.6 Å². The molecule has 2 aromatic carbocycles. The highest BCUT2D eigenvalue weighted by atomic mass is 16.4. The van der Waals surface area contributed by atoms with Crippen molar-refractivity contribution in [3.05, 3.63) is 75.8 Å². The fourth-order valence-electron chi connectivity index (χ4n) is 7.57. The Morgan fingerprint density at radius 2 is 1.76 bits per heavy atom. The average Bonchev–Trinajstić information content (AvgIpc) is 2.98. The number of nitrogens with zero attached hydrogens (tertiary/aromatic N) is 3. The number of carbonyl (C=O) groups is 3. The quantitative estimate of drug-likeness (QED) is 0.256. The molecule has 7 N–H and O–H groups in total. The number of rotatable bonds is 5. The summed E-state index contributed by atoms with van der Waals surface area (Å²) in [5, 5.41) is 57.4. The number of amides is 1. The van der Waals surface area contributed by atoms with Crippen LogP contribution in [-0.4, -0.2) is 123 Å². The van der Waals surface area contributed by atoms with E-state index in [9.17, 15) is 39.9 Å². The van der Waals surface area contributed by atoms with Crippen LogP contribution in [0.2, 0.25) is 0 Å². The fraction of sp³-hybridized carbons (Fsp3) is 0.424. The van der Waals surface area contributed by atoms with Crippen molar-refractivity contribution < 1.29 is 39.9 Å². The zero-order valence-corrected chi connectivity index (χ0v) is 25.4. The number of ketones is 2. The molecule has 1 amide bonds. The molecule has 1 aliphatic heterocycles. The number of aromatic hydroxyl groups is 1. The van der Waals surface area contributed by atoms with Crippen LogP contribution in [0.1, 0.15) is 21.5 Å². The minimum atomic E-state index is -2.94. The molecule has 0 saturated carbocycles. The van der Waals surface area contributed by atoms with E-state index >= 15 is 0 Å². The molecule has 12 heteroatoms. The molecule has 1 heterocycles. The number of primary amides is 1. The number of Topliss-reactive ketones (excluding diaryl/α,β-unsaturated/α-hetero) is 2. The molecule has 238 valence electrons. The van der Waals surface area contributed by atoms with Gasteiger partial charge in [-0.15, -0.1) is 0 Å². The van der Waals surface area contributed by atoms with E-state index < -0.39 is 69.7 Å². The third kappa shape index (κ3) is 4.67. The molecular formula is C33H38N4O8. The molecule has 0 bridgehead atoms. The zero-order chi connectivity index (χ0) is 32.5. The lowest BCUT2D eigenvalue weighted by molar-refractivity contribution is -0.161. The summed E-state index contributed by atoms with van der Waals surface area (Å²) in [6.07, 6.45) is -1.62. The van der Waals surface area contributed by atoms with Crippen molar-refractivity contribution in [3.8, 4) is 16.9 Å². The number of benzene rings is 2. The highest BCUT2D eigenvalue weighted by molar-refractivity contribution is 6.25. The Hall–Kier alpha value is -4.07. The summed E-state index contributed by atoms with van der Waals surface area (Å²) in [6.45, 7) is 4.55. The number of aliphatic hydroxyl groups excluding tert-OH is 3. The fourth-order valence-corrected chi connectivity index (χ4v) is 7.57. The normalized spacial score (nSPS) is 29.1. The molecule has 0 radical (unpaired) electrons. The van der Waals surface area contributed by atoms with E-state index in [4.69, 9.17) is 5.73 Å². The topological polar surface area (TPSA) is 188 Å². The molecule has 0 spiro atoms. The number of fused-ring (bicyclic) bond motifs is 3. The van der Waals surface area contributed by atoms with Crippen molar-refractivity contribution >= 4 is 17.5 Å². The van der Waals surface area contributed by atoms with E-state index in [0.29, 0.717) is 16.7 Å². The Morgan fingerprint density at radius 3 is 2.40 bits per heavy atom. The van der Waals surface area contributed by atoms with E-state index in [1.54, 1.807) is 12.1 Å². The summed E-state index contributed by atoms with van der Waals surface area (Å²) in [5.74, 6) is -8.30. The number of nitrogens with two attached hydrogens (primary N) is 1. The molecular weight excluding hydrogens is 580 g/mol. The second-order valence-corrected chi connectivity index (χ2v) is 12.8. The summed E-state index contributed by atoms with van der Waals surface area (Å²) < 4.78 is 0. The highest BCUT2D eigenvalue weighted by Crippen LogP contribution is 2.53. The summed E-state index contributed by atoms with van der Waals surface area (Å²) in [4.78, 5) is 45.8. The van der Waals surface area contributed by atoms with Gasteiger partial charge in [0.15, 0.2) is 11.4 Å². The SMILES string of the molecule is CN1CCN(Cc2cccc(-c3ccc4c(c3O)C(=O)C3=C(O)[C@]5(O)C(=O)C(C(N)=O)=C(O)C(N(C)C)[C@@H]5[C@@H](O)[C@@H]3C4)c2)CC1. The van der Waals surface area contributed by atoms with Crippen LogP contribution >= 0.6 is 0 Å². The third-order valence-corrected chi connectivity index (χ3v) is 9.92. The average molecular weight is 619 g/mol. The monoisotopic (exact) mass is 618 g/mol. The molecule has 2 aromatic rings. The molecule has 12 nitrogen and oxygen atoms in total. The number of aliphatic hydroxyl groups is 4. The van der Waals surface area contributed by atoms with Crippen LogP contribution in [0.15, 0.2) is 59.1 Å². The number of piperazine rings is 1. The van der Waals surface area contributed by atoms with E-state index in [0.717, 1.165) is 38.3 Å². The molecule has 45 heavy (non-hydrogen) atoms. The third-order valence-electron chi connectivity index (χ3n) is 9.92. The van der Waals surface area contributed by atoms with Gasteiger partial charge in [-0.3, -0.25) is 24.2 Å². The molecule has 1 saturated heterocycles. The van der Waals surface area contributed by atoms with Crippen LogP contribution < -0.4 is 5.73 Å². The van der Waals surface area contributed by atoms with Crippen LogP contribution in [0.25, 0.3) is 11.1 Å². The Bertz CT molecular complexity index is 1670. The number of carbonyl (C=O) groups excluding carboxylic acids is 3. The molecule has 6 rings (SSSR count). The molecule has 0 aromatic heterocycles. The molecule has 4 aliphatic rings. The minimum absolute atomic E-state index is 0.00695. The number of hydrogen-bond acceptors (Lipinski definition) is 11. The number of likely N-dealkylation sites (N-methyl/N-ethyl adjacent to an activating group) is 2. The highest BCUT2D eigenvalue weighted by Gasteiger charge is 2.66. The van der Waals surface area contributed by atoms with Crippen LogP contribution in [0, 0.1) is 11.8 Å². The summed E-state index contributed by atoms with van der Waals surface area (Å²) in [6, 6.07) is 9.77. The zero-order valence-electron chi connectivity index (χ0n) is 25.4. The predicted octanol–water partition coefficient (Wildman–Crippen LogP) is 0.506. The summed E-state index contributed by atoms with van der Waals surface area (Å²) in [7, 11) is 5.09. The molecule has 1 unspecified atom stereocenters. The molecule has 3 aliphatic carbocycles.